The SMILES string of the molecule is O=C(CCC(=O)N1CCC(c2ccccc2)=N1)N1CCN(c2ccccc2[N+](=O)[O-])CC1. The monoisotopic (exact) mass is 435 g/mol. The average Bonchev–Trinajstić information content (AvgIpc) is 3.33. The summed E-state index contributed by atoms with van der Waals surface area (Å²) in [6, 6.07) is 16.4. The molecule has 0 aliphatic carbocycles. The number of para-hydroxylation sites is 2. The number of carbonyl (C=O) groups is 2. The second-order valence-corrected chi connectivity index (χ2v) is 7.79. The summed E-state index contributed by atoms with van der Waals surface area (Å²) in [5.41, 5.74) is 2.53. The van der Waals surface area contributed by atoms with Gasteiger partial charge in [0.25, 0.3) is 5.69 Å². The molecule has 1 fully saturated rings. The molecule has 2 heterocycles. The Morgan fingerprint density at radius 3 is 2.25 bits per heavy atom. The minimum absolute atomic E-state index is 0.0684. The van der Waals surface area contributed by atoms with Crippen molar-refractivity contribution in [3.63, 3.8) is 0 Å². The second-order valence-electron chi connectivity index (χ2n) is 7.79. The van der Waals surface area contributed by atoms with Gasteiger partial charge in [0.2, 0.25) is 11.8 Å². The Morgan fingerprint density at radius 1 is 0.875 bits per heavy atom. The molecule has 9 heteroatoms. The number of nitro benzene ring substituents is 1. The summed E-state index contributed by atoms with van der Waals surface area (Å²) in [6.07, 6.45) is 0.961. The van der Waals surface area contributed by atoms with E-state index in [2.05, 4.69) is 5.10 Å². The standard InChI is InChI=1S/C23H25N5O4/c29-22(10-11-23(30)27-13-12-19(24-27)18-6-2-1-3-7-18)26-16-14-25(15-17-26)20-8-4-5-9-21(20)28(31)32/h1-9H,10-17H2. The first-order valence-electron chi connectivity index (χ1n) is 10.7. The van der Waals surface area contributed by atoms with Crippen molar-refractivity contribution < 1.29 is 14.5 Å². The quantitative estimate of drug-likeness (QED) is 0.513. The zero-order valence-electron chi connectivity index (χ0n) is 17.7. The van der Waals surface area contributed by atoms with Gasteiger partial charge in [0.05, 0.1) is 17.2 Å². The molecule has 1 saturated heterocycles. The number of nitro groups is 1. The van der Waals surface area contributed by atoms with E-state index in [1.807, 2.05) is 35.2 Å². The number of rotatable bonds is 6. The lowest BCUT2D eigenvalue weighted by Crippen LogP contribution is -2.49. The Hall–Kier alpha value is -3.75. The Morgan fingerprint density at radius 2 is 1.53 bits per heavy atom. The summed E-state index contributed by atoms with van der Waals surface area (Å²) in [6.45, 7) is 2.51. The third-order valence-electron chi connectivity index (χ3n) is 5.80. The topological polar surface area (TPSA) is 99.4 Å². The molecule has 0 spiro atoms. The van der Waals surface area contributed by atoms with Crippen LogP contribution in [0.1, 0.15) is 24.8 Å². The van der Waals surface area contributed by atoms with Gasteiger partial charge in [-0.3, -0.25) is 19.7 Å². The fourth-order valence-electron chi connectivity index (χ4n) is 4.05. The van der Waals surface area contributed by atoms with Gasteiger partial charge in [0.1, 0.15) is 5.69 Å². The predicted octanol–water partition coefficient (Wildman–Crippen LogP) is 2.66. The summed E-state index contributed by atoms with van der Waals surface area (Å²) < 4.78 is 0. The van der Waals surface area contributed by atoms with Gasteiger partial charge < -0.3 is 9.80 Å². The minimum Gasteiger partial charge on any atom is -0.362 e. The Balaban J connectivity index is 1.27. The molecular weight excluding hydrogens is 410 g/mol. The van der Waals surface area contributed by atoms with E-state index < -0.39 is 0 Å². The van der Waals surface area contributed by atoms with Crippen LogP contribution in [0.25, 0.3) is 0 Å². The lowest BCUT2D eigenvalue weighted by molar-refractivity contribution is -0.384. The first-order chi connectivity index (χ1) is 15.5. The highest BCUT2D eigenvalue weighted by atomic mass is 16.6. The van der Waals surface area contributed by atoms with Crippen LogP contribution in [0, 0.1) is 10.1 Å². The van der Waals surface area contributed by atoms with E-state index in [9.17, 15) is 19.7 Å². The van der Waals surface area contributed by atoms with Crippen LogP contribution in [0.5, 0.6) is 0 Å². The maximum absolute atomic E-state index is 12.6. The summed E-state index contributed by atoms with van der Waals surface area (Å²) in [7, 11) is 0. The summed E-state index contributed by atoms with van der Waals surface area (Å²) in [5.74, 6) is -0.227. The van der Waals surface area contributed by atoms with Crippen LogP contribution >= 0.6 is 0 Å². The largest absolute Gasteiger partial charge is 0.362 e. The maximum Gasteiger partial charge on any atom is 0.292 e. The van der Waals surface area contributed by atoms with Crippen molar-refractivity contribution in [2.45, 2.75) is 19.3 Å². The van der Waals surface area contributed by atoms with Crippen molar-refractivity contribution in [2.24, 2.45) is 5.10 Å². The highest BCUT2D eigenvalue weighted by Crippen LogP contribution is 2.28. The second kappa shape index (κ2) is 9.59. The van der Waals surface area contributed by atoms with Gasteiger partial charge in [0, 0.05) is 51.5 Å². The zero-order valence-corrected chi connectivity index (χ0v) is 17.7. The van der Waals surface area contributed by atoms with Crippen LogP contribution in [0.15, 0.2) is 59.7 Å². The molecule has 0 N–H and O–H groups in total. The molecule has 4 rings (SSSR count). The van der Waals surface area contributed by atoms with Crippen molar-refractivity contribution in [3.05, 3.63) is 70.3 Å². The Labute approximate surface area is 186 Å². The number of hydrogen-bond donors (Lipinski definition) is 0. The minimum atomic E-state index is -0.386. The van der Waals surface area contributed by atoms with Gasteiger partial charge in [-0.25, -0.2) is 5.01 Å². The molecule has 166 valence electrons. The molecule has 2 aliphatic heterocycles. The van der Waals surface area contributed by atoms with Crippen molar-refractivity contribution in [3.8, 4) is 0 Å². The fraction of sp³-hybridized carbons (Fsp3) is 0.348. The van der Waals surface area contributed by atoms with E-state index in [-0.39, 0.29) is 35.3 Å². The molecule has 2 aromatic carbocycles. The van der Waals surface area contributed by atoms with Crippen LogP contribution in [-0.4, -0.2) is 65.1 Å². The van der Waals surface area contributed by atoms with Gasteiger partial charge in [-0.2, -0.15) is 5.10 Å². The number of nitrogens with zero attached hydrogens (tertiary/aromatic N) is 5. The summed E-state index contributed by atoms with van der Waals surface area (Å²) in [5, 5.41) is 17.2. The average molecular weight is 435 g/mol. The summed E-state index contributed by atoms with van der Waals surface area (Å²) >= 11 is 0. The molecule has 0 bridgehead atoms. The van der Waals surface area contributed by atoms with Gasteiger partial charge in [0.15, 0.2) is 0 Å². The van der Waals surface area contributed by atoms with E-state index in [4.69, 9.17) is 0 Å². The fourth-order valence-corrected chi connectivity index (χ4v) is 4.05. The molecule has 0 unspecified atom stereocenters. The number of hydrogen-bond acceptors (Lipinski definition) is 6. The van der Waals surface area contributed by atoms with Crippen molar-refractivity contribution in [1.29, 1.82) is 0 Å². The smallest absolute Gasteiger partial charge is 0.292 e. The highest BCUT2D eigenvalue weighted by molar-refractivity contribution is 6.02. The first kappa shape index (κ1) is 21.5. The van der Waals surface area contributed by atoms with Gasteiger partial charge in [-0.05, 0) is 11.6 Å². The Kier molecular flexibility index (Phi) is 6.44. The third-order valence-corrected chi connectivity index (χ3v) is 5.80. The van der Waals surface area contributed by atoms with E-state index in [1.54, 1.807) is 23.1 Å². The normalized spacial score (nSPS) is 16.1. The van der Waals surface area contributed by atoms with Crippen LogP contribution in [0.4, 0.5) is 11.4 Å². The molecule has 9 nitrogen and oxygen atoms in total. The number of anilines is 1. The molecule has 32 heavy (non-hydrogen) atoms. The molecular formula is C23H25N5O4. The van der Waals surface area contributed by atoms with Gasteiger partial charge >= 0.3 is 0 Å². The van der Waals surface area contributed by atoms with Gasteiger partial charge in [-0.15, -0.1) is 0 Å². The Bertz CT molecular complexity index is 1030. The predicted molar refractivity (Wildman–Crippen MR) is 120 cm³/mol. The lowest BCUT2D eigenvalue weighted by atomic mass is 10.1. The highest BCUT2D eigenvalue weighted by Gasteiger charge is 2.27. The van der Waals surface area contributed by atoms with E-state index in [0.29, 0.717) is 44.8 Å². The molecule has 0 aromatic heterocycles. The number of amides is 2. The number of carbonyl (C=O) groups excluding carboxylic acids is 2. The lowest BCUT2D eigenvalue weighted by Gasteiger charge is -2.35. The maximum atomic E-state index is 12.6. The number of hydrazone groups is 1. The molecule has 0 atom stereocenters. The van der Waals surface area contributed by atoms with E-state index in [0.717, 1.165) is 11.3 Å². The van der Waals surface area contributed by atoms with Crippen molar-refractivity contribution >= 4 is 28.9 Å². The molecule has 2 aliphatic rings. The third kappa shape index (κ3) is 4.77. The van der Waals surface area contributed by atoms with Gasteiger partial charge in [-0.1, -0.05) is 42.5 Å². The first-order valence-corrected chi connectivity index (χ1v) is 10.7. The molecule has 0 radical (unpaired) electrons. The van der Waals surface area contributed by atoms with Crippen molar-refractivity contribution in [1.82, 2.24) is 9.91 Å². The number of benzene rings is 2. The van der Waals surface area contributed by atoms with Crippen LogP contribution in [0.2, 0.25) is 0 Å². The van der Waals surface area contributed by atoms with Crippen LogP contribution < -0.4 is 4.90 Å². The van der Waals surface area contributed by atoms with E-state index in [1.165, 1.54) is 11.1 Å². The van der Waals surface area contributed by atoms with Crippen LogP contribution in [0.3, 0.4) is 0 Å². The zero-order chi connectivity index (χ0) is 22.5. The van der Waals surface area contributed by atoms with Crippen LogP contribution in [-0.2, 0) is 9.59 Å². The molecule has 2 amide bonds. The van der Waals surface area contributed by atoms with E-state index >= 15 is 0 Å². The summed E-state index contributed by atoms with van der Waals surface area (Å²) in [4.78, 5) is 39.7. The molecule has 2 aromatic rings. The molecule has 0 saturated carbocycles. The number of piperazine rings is 1. The van der Waals surface area contributed by atoms with Crippen molar-refractivity contribution in [2.75, 3.05) is 37.6 Å².